The molecule has 0 radical (unpaired) electrons. The highest BCUT2D eigenvalue weighted by Gasteiger charge is 2.29. The molecule has 2 aromatic rings. The first-order valence-corrected chi connectivity index (χ1v) is 17.2. The fraction of sp³-hybridized carbons (Fsp3) is 0.486. The average molecular weight is 657 g/mol. The van der Waals surface area contributed by atoms with E-state index in [0.717, 1.165) is 73.4 Å². The molecule has 2 aromatic carbocycles. The summed E-state index contributed by atoms with van der Waals surface area (Å²) in [7, 11) is 5.03. The van der Waals surface area contributed by atoms with Gasteiger partial charge in [-0.3, -0.25) is 9.59 Å². The van der Waals surface area contributed by atoms with Crippen molar-refractivity contribution in [1.82, 2.24) is 15.5 Å². The predicted octanol–water partition coefficient (Wildman–Crippen LogP) is 5.28. The molecule has 1 amide bonds. The number of hydrogen-bond acceptors (Lipinski definition) is 10. The molecule has 2 atom stereocenters. The Bertz CT molecular complexity index is 1480. The molecule has 0 bridgehead atoms. The third kappa shape index (κ3) is 8.49. The minimum Gasteiger partial charge on any atom is -0.390 e. The van der Waals surface area contributed by atoms with Gasteiger partial charge in [0.05, 0.1) is 35.6 Å². The van der Waals surface area contributed by atoms with Crippen molar-refractivity contribution in [2.75, 3.05) is 62.2 Å². The van der Waals surface area contributed by atoms with Gasteiger partial charge in [-0.05, 0) is 87.3 Å². The number of anilines is 4. The lowest BCUT2D eigenvalue weighted by molar-refractivity contribution is 0.0647. The van der Waals surface area contributed by atoms with Crippen molar-refractivity contribution < 1.29 is 14.3 Å². The summed E-state index contributed by atoms with van der Waals surface area (Å²) in [6.45, 7) is 5.80. The molecule has 2 fully saturated rings. The zero-order valence-corrected chi connectivity index (χ0v) is 28.5. The molecule has 0 aromatic heterocycles. The molecule has 258 valence electrons. The van der Waals surface area contributed by atoms with Crippen LogP contribution in [0.5, 0.6) is 0 Å². The van der Waals surface area contributed by atoms with Crippen LogP contribution in [0.4, 0.5) is 22.7 Å². The number of amides is 1. The maximum Gasteiger partial charge on any atom is 0.255 e. The van der Waals surface area contributed by atoms with Gasteiger partial charge >= 0.3 is 0 Å². The Morgan fingerprint density at radius 3 is 2.62 bits per heavy atom. The first kappa shape index (κ1) is 34.8. The summed E-state index contributed by atoms with van der Waals surface area (Å²) in [5, 5.41) is 28.8. The number of hydrogen-bond donors (Lipinski definition) is 7. The summed E-state index contributed by atoms with van der Waals surface area (Å²) in [6.07, 6.45) is 12.3. The molecular formula is C37H52N8O3. The van der Waals surface area contributed by atoms with Gasteiger partial charge in [-0.15, -0.1) is 0 Å². The van der Waals surface area contributed by atoms with Crippen LogP contribution in [0.1, 0.15) is 65.7 Å². The number of methoxy groups -OCH3 is 1. The summed E-state index contributed by atoms with van der Waals surface area (Å²) < 4.78 is 5.30. The van der Waals surface area contributed by atoms with Crippen LogP contribution in [0.25, 0.3) is 0 Å². The number of ether oxygens (including phenoxy) is 1. The number of nitrogens with one attached hydrogen (secondary N) is 7. The van der Waals surface area contributed by atoms with Gasteiger partial charge in [-0.1, -0.05) is 6.58 Å². The number of nitrogens with zero attached hydrogens (tertiary/aromatic N) is 1. The highest BCUT2D eigenvalue weighted by molar-refractivity contribution is 6.02. The van der Waals surface area contributed by atoms with E-state index < -0.39 is 0 Å². The molecule has 1 heterocycles. The van der Waals surface area contributed by atoms with E-state index in [1.165, 1.54) is 25.5 Å². The van der Waals surface area contributed by atoms with Crippen LogP contribution < -0.4 is 31.9 Å². The summed E-state index contributed by atoms with van der Waals surface area (Å²) in [4.78, 5) is 26.7. The highest BCUT2D eigenvalue weighted by atomic mass is 16.5. The van der Waals surface area contributed by atoms with Gasteiger partial charge in [0, 0.05) is 87.0 Å². The van der Waals surface area contributed by atoms with Gasteiger partial charge in [0.15, 0.2) is 6.29 Å². The summed E-state index contributed by atoms with van der Waals surface area (Å²) in [5.41, 5.74) is 6.41. The molecule has 2 aliphatic carbocycles. The van der Waals surface area contributed by atoms with E-state index >= 15 is 0 Å². The second-order valence-electron chi connectivity index (χ2n) is 13.3. The van der Waals surface area contributed by atoms with E-state index in [-0.39, 0.29) is 24.6 Å². The fourth-order valence-corrected chi connectivity index (χ4v) is 6.59. The van der Waals surface area contributed by atoms with E-state index in [2.05, 4.69) is 56.7 Å². The number of fused-ring (bicyclic) bond motifs is 1. The quantitative estimate of drug-likeness (QED) is 0.0648. The Kier molecular flexibility index (Phi) is 12.0. The van der Waals surface area contributed by atoms with Crippen molar-refractivity contribution in [2.45, 2.75) is 69.1 Å². The van der Waals surface area contributed by atoms with Crippen LogP contribution in [0.15, 0.2) is 60.4 Å². The standard InChI is InChI=1S/C37H52N8O3/c1-24(39-2)36(23-48-4)45(3)37(47)32-17-29(11-10-26(32)22-46)40-14-6-7-25-15-31(16-25)41-20-27(19-38)35-21-42-33-13-12-30(18-34(33)44-35)43-28-8-5-9-28/h10-13,17-20,22,25,28,31,35-36,38-44H,1,5-9,14-16,21,23H2,2-4H3/b27-20+,38-19?. The smallest absolute Gasteiger partial charge is 0.255 e. The summed E-state index contributed by atoms with van der Waals surface area (Å²) in [5.74, 6) is 0.392. The summed E-state index contributed by atoms with van der Waals surface area (Å²) >= 11 is 0. The number of benzene rings is 2. The van der Waals surface area contributed by atoms with Crippen molar-refractivity contribution in [3.05, 3.63) is 71.6 Å². The molecule has 11 heteroatoms. The molecule has 0 saturated heterocycles. The van der Waals surface area contributed by atoms with Crippen LogP contribution in [-0.2, 0) is 4.74 Å². The lowest BCUT2D eigenvalue weighted by Crippen LogP contribution is -2.44. The second kappa shape index (κ2) is 16.5. The molecule has 7 N–H and O–H groups in total. The van der Waals surface area contributed by atoms with Crippen LogP contribution in [-0.4, -0.2) is 88.4 Å². The Hall–Kier alpha value is -4.51. The lowest BCUT2D eigenvalue weighted by atomic mass is 9.77. The van der Waals surface area contributed by atoms with E-state index in [4.69, 9.17) is 10.1 Å². The van der Waals surface area contributed by atoms with Gasteiger partial charge < -0.3 is 46.9 Å². The Morgan fingerprint density at radius 2 is 1.94 bits per heavy atom. The Morgan fingerprint density at radius 1 is 1.15 bits per heavy atom. The minimum atomic E-state index is -0.373. The number of carbonyl (C=O) groups is 2. The highest BCUT2D eigenvalue weighted by Crippen LogP contribution is 2.34. The molecule has 11 nitrogen and oxygen atoms in total. The number of rotatable bonds is 18. The zero-order valence-electron chi connectivity index (χ0n) is 28.5. The van der Waals surface area contributed by atoms with Crippen molar-refractivity contribution in [2.24, 2.45) is 5.92 Å². The zero-order chi connectivity index (χ0) is 34.0. The SMILES string of the molecule is C=C(NC)C(COC)N(C)C(=O)c1cc(NCCCC2CC(N/C=C(\C=N)C3CNc4ccc(NC5CCC5)cc4N3)C2)ccc1C=O. The number of likely N-dealkylation sites (N-methyl/N-ethyl adjacent to an activating group) is 2. The molecule has 1 aliphatic heterocycles. The molecular weight excluding hydrogens is 604 g/mol. The van der Waals surface area contributed by atoms with E-state index in [1.54, 1.807) is 38.2 Å². The van der Waals surface area contributed by atoms with Gasteiger partial charge in [-0.2, -0.15) is 0 Å². The van der Waals surface area contributed by atoms with Crippen LogP contribution >= 0.6 is 0 Å². The van der Waals surface area contributed by atoms with E-state index in [0.29, 0.717) is 34.8 Å². The maximum atomic E-state index is 13.4. The minimum absolute atomic E-state index is 0.0276. The molecule has 48 heavy (non-hydrogen) atoms. The number of carbonyl (C=O) groups excluding carboxylic acids is 2. The van der Waals surface area contributed by atoms with Crippen molar-refractivity contribution in [1.29, 1.82) is 5.41 Å². The molecule has 2 saturated carbocycles. The Labute approximate surface area is 284 Å². The van der Waals surface area contributed by atoms with Gasteiger partial charge in [-0.25, -0.2) is 0 Å². The first-order chi connectivity index (χ1) is 23.3. The van der Waals surface area contributed by atoms with E-state index in [9.17, 15) is 9.59 Å². The van der Waals surface area contributed by atoms with Crippen molar-refractivity contribution in [3.8, 4) is 0 Å². The fourth-order valence-electron chi connectivity index (χ4n) is 6.59. The predicted molar refractivity (Wildman–Crippen MR) is 196 cm³/mol. The largest absolute Gasteiger partial charge is 0.390 e. The van der Waals surface area contributed by atoms with Gasteiger partial charge in [0.25, 0.3) is 5.91 Å². The molecule has 0 spiro atoms. The molecule has 5 rings (SSSR count). The number of aldehydes is 1. The topological polar surface area (TPSA) is 143 Å². The summed E-state index contributed by atoms with van der Waals surface area (Å²) in [6, 6.07) is 12.4. The van der Waals surface area contributed by atoms with Crippen LogP contribution in [0.2, 0.25) is 0 Å². The van der Waals surface area contributed by atoms with Gasteiger partial charge in [0.2, 0.25) is 0 Å². The third-order valence-corrected chi connectivity index (χ3v) is 9.98. The normalized spacial score (nSPS) is 20.7. The van der Waals surface area contributed by atoms with E-state index in [1.807, 2.05) is 12.3 Å². The molecule has 2 unspecified atom stereocenters. The van der Waals surface area contributed by atoms with Crippen LogP contribution in [0.3, 0.4) is 0 Å². The van der Waals surface area contributed by atoms with Gasteiger partial charge in [0.1, 0.15) is 0 Å². The second-order valence-corrected chi connectivity index (χ2v) is 13.3. The molecule has 3 aliphatic rings. The average Bonchev–Trinajstić information content (AvgIpc) is 3.07. The lowest BCUT2D eigenvalue weighted by Gasteiger charge is -2.36. The van der Waals surface area contributed by atoms with Crippen molar-refractivity contribution in [3.63, 3.8) is 0 Å². The maximum absolute atomic E-state index is 13.4. The van der Waals surface area contributed by atoms with Crippen LogP contribution in [0, 0.1) is 11.3 Å². The van der Waals surface area contributed by atoms with Crippen molar-refractivity contribution >= 4 is 41.2 Å². The Balaban J connectivity index is 1.05. The first-order valence-electron chi connectivity index (χ1n) is 17.2. The third-order valence-electron chi connectivity index (χ3n) is 9.98. The monoisotopic (exact) mass is 656 g/mol.